The first-order valence-electron chi connectivity index (χ1n) is 7.06. The van der Waals surface area contributed by atoms with Crippen molar-refractivity contribution < 1.29 is 14.3 Å². The summed E-state index contributed by atoms with van der Waals surface area (Å²) in [5.74, 6) is 1.60. The minimum Gasteiger partial charge on any atom is -0.497 e. The van der Waals surface area contributed by atoms with Crippen molar-refractivity contribution in [1.82, 2.24) is 15.1 Å². The molecule has 0 bridgehead atoms. The second-order valence-electron chi connectivity index (χ2n) is 5.13. The number of carbonyl (C=O) groups excluding carboxylic acids is 1. The molecule has 6 heteroatoms. The maximum Gasteiger partial charge on any atom is 0.317 e. The van der Waals surface area contributed by atoms with Crippen molar-refractivity contribution in [2.75, 3.05) is 47.4 Å². The van der Waals surface area contributed by atoms with Crippen molar-refractivity contribution in [3.8, 4) is 11.5 Å². The molecule has 2 amide bonds. The molecule has 0 unspecified atom stereocenters. The lowest BCUT2D eigenvalue weighted by atomic mass is 10.2. The van der Waals surface area contributed by atoms with E-state index in [1.54, 1.807) is 14.2 Å². The van der Waals surface area contributed by atoms with Gasteiger partial charge in [0.1, 0.15) is 11.5 Å². The highest BCUT2D eigenvalue weighted by Crippen LogP contribution is 2.25. The third-order valence-electron chi connectivity index (χ3n) is 3.63. The first-order valence-corrected chi connectivity index (χ1v) is 7.06. The predicted molar refractivity (Wildman–Crippen MR) is 80.9 cm³/mol. The highest BCUT2D eigenvalue weighted by Gasteiger charge is 2.19. The number of methoxy groups -OCH3 is 2. The maximum absolute atomic E-state index is 11.5. The SMILES string of the molecule is COc1ccc(CN(C)CCN2CCNC2=O)c(OC)c1. The lowest BCUT2D eigenvalue weighted by molar-refractivity contribution is 0.207. The Morgan fingerprint density at radius 2 is 2.14 bits per heavy atom. The fourth-order valence-electron chi connectivity index (χ4n) is 2.37. The number of urea groups is 1. The Morgan fingerprint density at radius 3 is 2.76 bits per heavy atom. The molecule has 1 aliphatic rings. The molecule has 21 heavy (non-hydrogen) atoms. The number of hydrogen-bond donors (Lipinski definition) is 1. The third kappa shape index (κ3) is 4.01. The Kier molecular flexibility index (Phi) is 5.27. The van der Waals surface area contributed by atoms with Gasteiger partial charge in [-0.2, -0.15) is 0 Å². The lowest BCUT2D eigenvalue weighted by Crippen LogP contribution is -2.35. The van der Waals surface area contributed by atoms with Gasteiger partial charge in [0.25, 0.3) is 0 Å². The summed E-state index contributed by atoms with van der Waals surface area (Å²) in [5.41, 5.74) is 1.10. The lowest BCUT2D eigenvalue weighted by Gasteiger charge is -2.22. The van der Waals surface area contributed by atoms with Crippen LogP contribution in [0.15, 0.2) is 18.2 Å². The second kappa shape index (κ2) is 7.17. The Bertz CT molecular complexity index is 493. The van der Waals surface area contributed by atoms with Gasteiger partial charge < -0.3 is 24.6 Å². The monoisotopic (exact) mass is 293 g/mol. The van der Waals surface area contributed by atoms with E-state index >= 15 is 0 Å². The maximum atomic E-state index is 11.5. The van der Waals surface area contributed by atoms with Gasteiger partial charge in [-0.1, -0.05) is 6.07 Å². The summed E-state index contributed by atoms with van der Waals surface area (Å²) in [5, 5.41) is 2.81. The molecule has 0 atom stereocenters. The highest BCUT2D eigenvalue weighted by atomic mass is 16.5. The van der Waals surface area contributed by atoms with Crippen LogP contribution < -0.4 is 14.8 Å². The summed E-state index contributed by atoms with van der Waals surface area (Å²) in [7, 11) is 5.34. The topological polar surface area (TPSA) is 54.0 Å². The predicted octanol–water partition coefficient (Wildman–Crippen LogP) is 1.16. The number of carbonyl (C=O) groups is 1. The number of nitrogens with zero attached hydrogens (tertiary/aromatic N) is 2. The average Bonchev–Trinajstić information content (AvgIpc) is 2.91. The van der Waals surface area contributed by atoms with Crippen LogP contribution in [0.1, 0.15) is 5.56 Å². The van der Waals surface area contributed by atoms with Crippen LogP contribution in [0.5, 0.6) is 11.5 Å². The van der Waals surface area contributed by atoms with Crippen LogP contribution in [-0.2, 0) is 6.54 Å². The van der Waals surface area contributed by atoms with Gasteiger partial charge in [-0.25, -0.2) is 4.79 Å². The molecule has 0 aromatic heterocycles. The Labute approximate surface area is 125 Å². The number of benzene rings is 1. The van der Waals surface area contributed by atoms with Crippen molar-refractivity contribution in [1.29, 1.82) is 0 Å². The third-order valence-corrected chi connectivity index (χ3v) is 3.63. The smallest absolute Gasteiger partial charge is 0.317 e. The fraction of sp³-hybridized carbons (Fsp3) is 0.533. The van der Waals surface area contributed by atoms with E-state index in [9.17, 15) is 4.79 Å². The average molecular weight is 293 g/mol. The molecule has 0 saturated carbocycles. The van der Waals surface area contributed by atoms with E-state index in [0.29, 0.717) is 0 Å². The summed E-state index contributed by atoms with van der Waals surface area (Å²) in [6.07, 6.45) is 0. The molecule has 6 nitrogen and oxygen atoms in total. The molecule has 1 aromatic carbocycles. The number of rotatable bonds is 7. The molecule has 1 N–H and O–H groups in total. The van der Waals surface area contributed by atoms with Crippen LogP contribution in [-0.4, -0.2) is 63.3 Å². The van der Waals surface area contributed by atoms with Crippen LogP contribution in [0.2, 0.25) is 0 Å². The first-order chi connectivity index (χ1) is 10.1. The Morgan fingerprint density at radius 1 is 1.33 bits per heavy atom. The van der Waals surface area contributed by atoms with E-state index < -0.39 is 0 Å². The molecule has 116 valence electrons. The number of ether oxygens (including phenoxy) is 2. The summed E-state index contributed by atoms with van der Waals surface area (Å²) >= 11 is 0. The summed E-state index contributed by atoms with van der Waals surface area (Å²) < 4.78 is 10.6. The quantitative estimate of drug-likeness (QED) is 0.820. The van der Waals surface area contributed by atoms with Crippen molar-refractivity contribution >= 4 is 6.03 Å². The largest absolute Gasteiger partial charge is 0.497 e. The molecule has 2 rings (SSSR count). The van der Waals surface area contributed by atoms with Crippen LogP contribution in [0, 0.1) is 0 Å². The van der Waals surface area contributed by atoms with Crippen LogP contribution >= 0.6 is 0 Å². The van der Waals surface area contributed by atoms with E-state index in [0.717, 1.165) is 49.8 Å². The van der Waals surface area contributed by atoms with Crippen molar-refractivity contribution in [2.24, 2.45) is 0 Å². The highest BCUT2D eigenvalue weighted by molar-refractivity contribution is 5.76. The van der Waals surface area contributed by atoms with E-state index in [2.05, 4.69) is 10.2 Å². The fourth-order valence-corrected chi connectivity index (χ4v) is 2.37. The molecule has 0 spiro atoms. The van der Waals surface area contributed by atoms with Gasteiger partial charge in [-0.15, -0.1) is 0 Å². The summed E-state index contributed by atoms with van der Waals surface area (Å²) in [4.78, 5) is 15.5. The number of nitrogens with one attached hydrogen (secondary N) is 1. The number of hydrogen-bond acceptors (Lipinski definition) is 4. The normalized spacial score (nSPS) is 14.5. The van der Waals surface area contributed by atoms with Gasteiger partial charge in [-0.05, 0) is 13.1 Å². The molecule has 0 aliphatic carbocycles. The first kappa shape index (κ1) is 15.4. The Balaban J connectivity index is 1.89. The van der Waals surface area contributed by atoms with E-state index in [-0.39, 0.29) is 6.03 Å². The van der Waals surface area contributed by atoms with Gasteiger partial charge in [0.15, 0.2) is 0 Å². The minimum absolute atomic E-state index is 0.0328. The van der Waals surface area contributed by atoms with Crippen LogP contribution in [0.4, 0.5) is 4.79 Å². The molecule has 1 aliphatic heterocycles. The zero-order valence-corrected chi connectivity index (χ0v) is 12.9. The second-order valence-corrected chi connectivity index (χ2v) is 5.13. The van der Waals surface area contributed by atoms with Gasteiger partial charge in [0.05, 0.1) is 14.2 Å². The van der Waals surface area contributed by atoms with Crippen LogP contribution in [0.3, 0.4) is 0 Å². The van der Waals surface area contributed by atoms with Gasteiger partial charge in [-0.3, -0.25) is 0 Å². The van der Waals surface area contributed by atoms with Gasteiger partial charge >= 0.3 is 6.03 Å². The van der Waals surface area contributed by atoms with E-state index in [1.165, 1.54) is 0 Å². The van der Waals surface area contributed by atoms with Gasteiger partial charge in [0.2, 0.25) is 0 Å². The van der Waals surface area contributed by atoms with Crippen molar-refractivity contribution in [3.05, 3.63) is 23.8 Å². The summed E-state index contributed by atoms with van der Waals surface area (Å²) in [6.45, 7) is 3.86. The molecular formula is C15H23N3O3. The molecule has 0 radical (unpaired) electrons. The van der Waals surface area contributed by atoms with Crippen molar-refractivity contribution in [3.63, 3.8) is 0 Å². The summed E-state index contributed by atoms with van der Waals surface area (Å²) in [6, 6.07) is 5.86. The zero-order chi connectivity index (χ0) is 15.2. The number of likely N-dealkylation sites (N-methyl/N-ethyl adjacent to an activating group) is 1. The minimum atomic E-state index is 0.0328. The molecule has 1 aromatic rings. The van der Waals surface area contributed by atoms with E-state index in [1.807, 2.05) is 30.1 Å². The Hall–Kier alpha value is -1.95. The molecule has 1 heterocycles. The van der Waals surface area contributed by atoms with Crippen molar-refractivity contribution in [2.45, 2.75) is 6.54 Å². The zero-order valence-electron chi connectivity index (χ0n) is 12.9. The van der Waals surface area contributed by atoms with Crippen LogP contribution in [0.25, 0.3) is 0 Å². The van der Waals surface area contributed by atoms with Gasteiger partial charge in [0, 0.05) is 44.4 Å². The number of amides is 2. The molecule has 1 fully saturated rings. The molecule has 1 saturated heterocycles. The van der Waals surface area contributed by atoms with E-state index in [4.69, 9.17) is 9.47 Å². The molecular weight excluding hydrogens is 270 g/mol. The standard InChI is InChI=1S/C15H23N3O3/c1-17(8-9-18-7-6-16-15(18)19)11-12-4-5-13(20-2)10-14(12)21-3/h4-5,10H,6-9,11H2,1-3H3,(H,16,19).